The van der Waals surface area contributed by atoms with Crippen molar-refractivity contribution in [3.63, 3.8) is 0 Å². The van der Waals surface area contributed by atoms with E-state index in [1.54, 1.807) is 12.1 Å². The molecule has 4 aromatic carbocycles. The third-order valence-corrected chi connectivity index (χ3v) is 5.30. The van der Waals surface area contributed by atoms with Crippen molar-refractivity contribution in [3.8, 4) is 11.8 Å². The van der Waals surface area contributed by atoms with Crippen LogP contribution in [0, 0.1) is 18.3 Å². The van der Waals surface area contributed by atoms with Gasteiger partial charge in [-0.3, -0.25) is 0 Å². The van der Waals surface area contributed by atoms with Crippen LogP contribution in [0.25, 0.3) is 22.4 Å². The lowest BCUT2D eigenvalue weighted by atomic mass is 9.98. The minimum Gasteiger partial charge on any atom is -0.488 e. The SMILES string of the molecule is Cc1ccc(COc2ccc3ccccc3c2/C=C(/C#N)c2ccc(C(=O)O)cc2)cc1. The molecule has 1 N–H and O–H groups in total. The monoisotopic (exact) mass is 419 g/mol. The number of nitriles is 1. The highest BCUT2D eigenvalue weighted by Gasteiger charge is 2.11. The van der Waals surface area contributed by atoms with Crippen LogP contribution in [0.1, 0.15) is 32.6 Å². The second-order valence-electron chi connectivity index (χ2n) is 7.53. The maximum absolute atomic E-state index is 11.1. The van der Waals surface area contributed by atoms with E-state index in [1.165, 1.54) is 17.7 Å². The Balaban J connectivity index is 1.76. The number of aromatic carboxylic acids is 1. The quantitative estimate of drug-likeness (QED) is 0.286. The van der Waals surface area contributed by atoms with Gasteiger partial charge in [0.15, 0.2) is 0 Å². The van der Waals surface area contributed by atoms with Crippen molar-refractivity contribution in [3.05, 3.63) is 113 Å². The molecular formula is C28H21NO3. The minimum atomic E-state index is -1.00. The van der Waals surface area contributed by atoms with Crippen LogP contribution >= 0.6 is 0 Å². The number of rotatable bonds is 6. The van der Waals surface area contributed by atoms with Crippen molar-refractivity contribution in [1.82, 2.24) is 0 Å². The molecule has 0 atom stereocenters. The Kier molecular flexibility index (Phi) is 6.00. The molecule has 4 aromatic rings. The number of nitrogens with zero attached hydrogens (tertiary/aromatic N) is 1. The van der Waals surface area contributed by atoms with Gasteiger partial charge in [-0.1, -0.05) is 72.3 Å². The Hall–Kier alpha value is -4.36. The third kappa shape index (κ3) is 4.53. The van der Waals surface area contributed by atoms with Crippen LogP contribution in [0.15, 0.2) is 84.9 Å². The largest absolute Gasteiger partial charge is 0.488 e. The standard InChI is InChI=1S/C28H21NO3/c1-19-6-8-20(9-7-19)18-32-27-15-14-22-4-2-3-5-25(22)26(27)16-24(17-29)21-10-12-23(13-11-21)28(30)31/h2-16H,18H2,1H3,(H,30,31)/b24-16-. The van der Waals surface area contributed by atoms with Gasteiger partial charge in [-0.05, 0) is 53.1 Å². The molecule has 32 heavy (non-hydrogen) atoms. The molecule has 0 radical (unpaired) electrons. The van der Waals surface area contributed by atoms with Crippen molar-refractivity contribution < 1.29 is 14.6 Å². The molecule has 0 saturated carbocycles. The molecule has 0 aliphatic carbocycles. The Morgan fingerprint density at radius 2 is 1.62 bits per heavy atom. The normalized spacial score (nSPS) is 11.2. The van der Waals surface area contributed by atoms with Crippen molar-refractivity contribution >= 4 is 28.4 Å². The maximum atomic E-state index is 11.1. The molecule has 4 nitrogen and oxygen atoms in total. The summed E-state index contributed by atoms with van der Waals surface area (Å²) in [4.78, 5) is 11.1. The van der Waals surface area contributed by atoms with Crippen LogP contribution in [-0.2, 0) is 6.61 Å². The van der Waals surface area contributed by atoms with Gasteiger partial charge >= 0.3 is 5.97 Å². The van der Waals surface area contributed by atoms with E-state index in [1.807, 2.05) is 61.5 Å². The molecule has 0 heterocycles. The van der Waals surface area contributed by atoms with Gasteiger partial charge in [0.05, 0.1) is 17.2 Å². The Morgan fingerprint density at radius 1 is 0.938 bits per heavy atom. The summed E-state index contributed by atoms with van der Waals surface area (Å²) in [6.45, 7) is 2.46. The first-order valence-electron chi connectivity index (χ1n) is 10.2. The average Bonchev–Trinajstić information content (AvgIpc) is 2.82. The number of carboxylic acid groups (broad SMARTS) is 1. The predicted octanol–water partition coefficient (Wildman–Crippen LogP) is 6.49. The highest BCUT2D eigenvalue weighted by molar-refractivity contribution is 6.00. The van der Waals surface area contributed by atoms with Crippen LogP contribution in [0.2, 0.25) is 0 Å². The number of benzene rings is 4. The van der Waals surface area contributed by atoms with Crippen molar-refractivity contribution in [2.75, 3.05) is 0 Å². The first kappa shape index (κ1) is 20.9. The van der Waals surface area contributed by atoms with Gasteiger partial charge in [-0.2, -0.15) is 5.26 Å². The molecule has 0 aliphatic heterocycles. The van der Waals surface area contributed by atoms with Crippen LogP contribution in [-0.4, -0.2) is 11.1 Å². The van der Waals surface area contributed by atoms with E-state index in [0.717, 1.165) is 21.9 Å². The van der Waals surface area contributed by atoms with E-state index in [9.17, 15) is 10.1 Å². The number of fused-ring (bicyclic) bond motifs is 1. The Labute approximate surface area is 186 Å². The first-order valence-corrected chi connectivity index (χ1v) is 10.2. The zero-order chi connectivity index (χ0) is 22.5. The van der Waals surface area contributed by atoms with Gasteiger partial charge in [-0.25, -0.2) is 4.79 Å². The molecule has 4 rings (SSSR count). The van der Waals surface area contributed by atoms with Gasteiger partial charge in [0.25, 0.3) is 0 Å². The predicted molar refractivity (Wildman–Crippen MR) is 126 cm³/mol. The lowest BCUT2D eigenvalue weighted by Crippen LogP contribution is -1.98. The van der Waals surface area contributed by atoms with Crippen molar-refractivity contribution in [2.24, 2.45) is 0 Å². The van der Waals surface area contributed by atoms with Gasteiger partial charge in [0.2, 0.25) is 0 Å². The summed E-state index contributed by atoms with van der Waals surface area (Å²) in [6, 6.07) is 28.6. The van der Waals surface area contributed by atoms with Crippen molar-refractivity contribution in [1.29, 1.82) is 5.26 Å². The van der Waals surface area contributed by atoms with Gasteiger partial charge < -0.3 is 9.84 Å². The van der Waals surface area contributed by atoms with E-state index < -0.39 is 5.97 Å². The minimum absolute atomic E-state index is 0.179. The Bertz CT molecular complexity index is 1340. The van der Waals surface area contributed by atoms with E-state index in [2.05, 4.69) is 18.2 Å². The fourth-order valence-electron chi connectivity index (χ4n) is 3.51. The fraction of sp³-hybridized carbons (Fsp3) is 0.0714. The molecule has 0 fully saturated rings. The molecule has 4 heteroatoms. The summed E-state index contributed by atoms with van der Waals surface area (Å²) >= 11 is 0. The summed E-state index contributed by atoms with van der Waals surface area (Å²) in [5.41, 5.74) is 4.32. The summed E-state index contributed by atoms with van der Waals surface area (Å²) in [6.07, 6.45) is 1.81. The first-order chi connectivity index (χ1) is 15.5. The maximum Gasteiger partial charge on any atom is 0.335 e. The molecule has 0 aromatic heterocycles. The Morgan fingerprint density at radius 3 is 2.31 bits per heavy atom. The summed E-state index contributed by atoms with van der Waals surface area (Å²) in [5, 5.41) is 21.0. The highest BCUT2D eigenvalue weighted by atomic mass is 16.5. The van der Waals surface area contributed by atoms with Gasteiger partial charge in [-0.15, -0.1) is 0 Å². The molecule has 0 unspecified atom stereocenters. The fourth-order valence-corrected chi connectivity index (χ4v) is 3.51. The van der Waals surface area contributed by atoms with Gasteiger partial charge in [0.1, 0.15) is 12.4 Å². The van der Waals surface area contributed by atoms with Gasteiger partial charge in [0, 0.05) is 5.56 Å². The van der Waals surface area contributed by atoms with E-state index in [4.69, 9.17) is 9.84 Å². The zero-order valence-corrected chi connectivity index (χ0v) is 17.6. The topological polar surface area (TPSA) is 70.3 Å². The number of ether oxygens (including phenoxy) is 1. The number of carboxylic acids is 1. The summed E-state index contributed by atoms with van der Waals surface area (Å²) in [7, 11) is 0. The van der Waals surface area contributed by atoms with Crippen LogP contribution in [0.5, 0.6) is 5.75 Å². The zero-order valence-electron chi connectivity index (χ0n) is 17.6. The molecule has 156 valence electrons. The highest BCUT2D eigenvalue weighted by Crippen LogP contribution is 2.32. The van der Waals surface area contributed by atoms with E-state index in [0.29, 0.717) is 23.5 Å². The lowest BCUT2D eigenvalue weighted by molar-refractivity contribution is 0.0697. The summed E-state index contributed by atoms with van der Waals surface area (Å²) in [5.74, 6) is -0.320. The molecule has 0 amide bonds. The lowest BCUT2D eigenvalue weighted by Gasteiger charge is -2.13. The number of allylic oxidation sites excluding steroid dienone is 1. The van der Waals surface area contributed by atoms with Crippen molar-refractivity contribution in [2.45, 2.75) is 13.5 Å². The van der Waals surface area contributed by atoms with E-state index in [-0.39, 0.29) is 5.56 Å². The summed E-state index contributed by atoms with van der Waals surface area (Å²) < 4.78 is 6.17. The molecule has 0 aliphatic rings. The molecule has 0 saturated heterocycles. The average molecular weight is 419 g/mol. The second-order valence-corrected chi connectivity index (χ2v) is 7.53. The van der Waals surface area contributed by atoms with Crippen LogP contribution in [0.3, 0.4) is 0 Å². The second kappa shape index (κ2) is 9.20. The third-order valence-electron chi connectivity index (χ3n) is 5.30. The molecular weight excluding hydrogens is 398 g/mol. The molecule has 0 bridgehead atoms. The number of hydrogen-bond acceptors (Lipinski definition) is 3. The number of aryl methyl sites for hydroxylation is 1. The van der Waals surface area contributed by atoms with E-state index >= 15 is 0 Å². The number of hydrogen-bond donors (Lipinski definition) is 1. The number of carbonyl (C=O) groups is 1. The molecule has 0 spiro atoms. The van der Waals surface area contributed by atoms with Crippen LogP contribution < -0.4 is 4.74 Å². The van der Waals surface area contributed by atoms with Crippen LogP contribution in [0.4, 0.5) is 0 Å². The smallest absolute Gasteiger partial charge is 0.335 e.